The molecule has 6 heteroatoms. The molecule has 0 bridgehead atoms. The van der Waals surface area contributed by atoms with Gasteiger partial charge in [0.2, 0.25) is 0 Å². The predicted octanol–water partition coefficient (Wildman–Crippen LogP) is 1.87. The highest BCUT2D eigenvalue weighted by Crippen LogP contribution is 2.18. The average molecular weight is 288 g/mol. The summed E-state index contributed by atoms with van der Waals surface area (Å²) in [6.07, 6.45) is 3.50. The standard InChI is InChI=1S/C15H20N4O2/c1-10(2)19-14-12(8-17-19)6-13(7-16-14)15(20)18-4-5-21-11(3)9-18/h6-8,10-11H,4-5,9H2,1-3H3/t11-/m1/s1. The largest absolute Gasteiger partial charge is 0.375 e. The van der Waals surface area contributed by atoms with Crippen LogP contribution in [0.15, 0.2) is 18.5 Å². The monoisotopic (exact) mass is 288 g/mol. The fourth-order valence-electron chi connectivity index (χ4n) is 2.62. The number of ether oxygens (including phenoxy) is 1. The van der Waals surface area contributed by atoms with Gasteiger partial charge in [0, 0.05) is 30.7 Å². The summed E-state index contributed by atoms with van der Waals surface area (Å²) in [5.74, 6) is 0.0110. The van der Waals surface area contributed by atoms with E-state index in [1.807, 2.05) is 22.6 Å². The maximum absolute atomic E-state index is 12.5. The summed E-state index contributed by atoms with van der Waals surface area (Å²) in [6.45, 7) is 7.95. The number of rotatable bonds is 2. The van der Waals surface area contributed by atoms with E-state index in [1.54, 1.807) is 12.4 Å². The number of aromatic nitrogens is 3. The fraction of sp³-hybridized carbons (Fsp3) is 0.533. The molecule has 1 aliphatic rings. The second-order valence-corrected chi connectivity index (χ2v) is 5.75. The SMILES string of the molecule is CC(C)n1ncc2cc(C(=O)N3CCO[C@H](C)C3)cnc21. The molecule has 1 atom stereocenters. The summed E-state index contributed by atoms with van der Waals surface area (Å²) < 4.78 is 7.33. The topological polar surface area (TPSA) is 60.2 Å². The molecule has 21 heavy (non-hydrogen) atoms. The van der Waals surface area contributed by atoms with E-state index in [-0.39, 0.29) is 18.1 Å². The summed E-state index contributed by atoms with van der Waals surface area (Å²) in [6, 6.07) is 2.12. The van der Waals surface area contributed by atoms with E-state index in [0.717, 1.165) is 11.0 Å². The molecule has 1 aliphatic heterocycles. The molecule has 112 valence electrons. The van der Waals surface area contributed by atoms with Crippen LogP contribution in [-0.4, -0.2) is 51.4 Å². The minimum absolute atomic E-state index is 0.0110. The van der Waals surface area contributed by atoms with Crippen molar-refractivity contribution in [3.8, 4) is 0 Å². The van der Waals surface area contributed by atoms with Gasteiger partial charge in [0.25, 0.3) is 5.91 Å². The van der Waals surface area contributed by atoms with Crippen molar-refractivity contribution in [3.05, 3.63) is 24.0 Å². The van der Waals surface area contributed by atoms with Gasteiger partial charge in [0.15, 0.2) is 5.65 Å². The van der Waals surface area contributed by atoms with Gasteiger partial charge in [0.05, 0.1) is 24.5 Å². The number of nitrogens with zero attached hydrogens (tertiary/aromatic N) is 4. The third-order valence-corrected chi connectivity index (χ3v) is 3.70. The van der Waals surface area contributed by atoms with Crippen molar-refractivity contribution in [1.82, 2.24) is 19.7 Å². The van der Waals surface area contributed by atoms with Crippen molar-refractivity contribution in [2.45, 2.75) is 32.9 Å². The molecule has 0 unspecified atom stereocenters. The Labute approximate surface area is 123 Å². The first kappa shape index (κ1) is 14.0. The van der Waals surface area contributed by atoms with Crippen molar-refractivity contribution < 1.29 is 9.53 Å². The Balaban J connectivity index is 1.88. The molecule has 2 aromatic heterocycles. The first-order valence-electron chi connectivity index (χ1n) is 7.30. The number of carbonyl (C=O) groups is 1. The predicted molar refractivity (Wildman–Crippen MR) is 79.2 cm³/mol. The minimum atomic E-state index is 0.0110. The first-order valence-corrected chi connectivity index (χ1v) is 7.30. The summed E-state index contributed by atoms with van der Waals surface area (Å²) in [7, 11) is 0. The lowest BCUT2D eigenvalue weighted by Crippen LogP contribution is -2.44. The Morgan fingerprint density at radius 2 is 2.24 bits per heavy atom. The Kier molecular flexibility index (Phi) is 3.63. The third-order valence-electron chi connectivity index (χ3n) is 3.70. The molecule has 6 nitrogen and oxygen atoms in total. The van der Waals surface area contributed by atoms with Crippen molar-refractivity contribution >= 4 is 16.9 Å². The summed E-state index contributed by atoms with van der Waals surface area (Å²) in [4.78, 5) is 18.8. The van der Waals surface area contributed by atoms with E-state index < -0.39 is 0 Å². The van der Waals surface area contributed by atoms with Gasteiger partial charge in [0.1, 0.15) is 0 Å². The highest BCUT2D eigenvalue weighted by atomic mass is 16.5. The molecule has 0 N–H and O–H groups in total. The van der Waals surface area contributed by atoms with Crippen LogP contribution in [0.25, 0.3) is 11.0 Å². The van der Waals surface area contributed by atoms with Crippen LogP contribution in [0.5, 0.6) is 0 Å². The summed E-state index contributed by atoms with van der Waals surface area (Å²) in [5.41, 5.74) is 1.43. The van der Waals surface area contributed by atoms with E-state index in [0.29, 0.717) is 25.3 Å². The smallest absolute Gasteiger partial charge is 0.255 e. The average Bonchev–Trinajstić information content (AvgIpc) is 2.89. The zero-order chi connectivity index (χ0) is 15.0. The number of hydrogen-bond acceptors (Lipinski definition) is 4. The molecule has 0 radical (unpaired) electrons. The number of carbonyl (C=O) groups excluding carboxylic acids is 1. The van der Waals surface area contributed by atoms with Crippen molar-refractivity contribution in [2.24, 2.45) is 0 Å². The summed E-state index contributed by atoms with van der Waals surface area (Å²) in [5, 5.41) is 5.23. The molecule has 0 saturated carbocycles. The lowest BCUT2D eigenvalue weighted by Gasteiger charge is -2.31. The third kappa shape index (κ3) is 2.63. The van der Waals surface area contributed by atoms with Gasteiger partial charge in [-0.15, -0.1) is 0 Å². The quantitative estimate of drug-likeness (QED) is 0.846. The second-order valence-electron chi connectivity index (χ2n) is 5.75. The van der Waals surface area contributed by atoms with Crippen LogP contribution in [0.4, 0.5) is 0 Å². The molecular weight excluding hydrogens is 268 g/mol. The maximum Gasteiger partial charge on any atom is 0.255 e. The van der Waals surface area contributed by atoms with Crippen LogP contribution < -0.4 is 0 Å². The Morgan fingerprint density at radius 3 is 2.95 bits per heavy atom. The van der Waals surface area contributed by atoms with Gasteiger partial charge in [-0.25, -0.2) is 9.67 Å². The lowest BCUT2D eigenvalue weighted by molar-refractivity contribution is -0.0124. The van der Waals surface area contributed by atoms with Gasteiger partial charge in [-0.05, 0) is 26.8 Å². The molecule has 3 rings (SSSR count). The minimum Gasteiger partial charge on any atom is -0.375 e. The first-order chi connectivity index (χ1) is 10.1. The highest BCUT2D eigenvalue weighted by Gasteiger charge is 2.23. The van der Waals surface area contributed by atoms with Crippen LogP contribution in [0, 0.1) is 0 Å². The van der Waals surface area contributed by atoms with Crippen LogP contribution in [0.2, 0.25) is 0 Å². The molecule has 3 heterocycles. The van der Waals surface area contributed by atoms with Crippen LogP contribution >= 0.6 is 0 Å². The van der Waals surface area contributed by atoms with Crippen LogP contribution in [0.1, 0.15) is 37.2 Å². The zero-order valence-corrected chi connectivity index (χ0v) is 12.6. The number of morpholine rings is 1. The molecule has 1 saturated heterocycles. The number of amides is 1. The molecule has 1 amide bonds. The highest BCUT2D eigenvalue weighted by molar-refractivity contribution is 5.96. The molecule has 0 aliphatic carbocycles. The number of hydrogen-bond donors (Lipinski definition) is 0. The van der Waals surface area contributed by atoms with E-state index in [4.69, 9.17) is 4.74 Å². The van der Waals surface area contributed by atoms with E-state index in [2.05, 4.69) is 23.9 Å². The van der Waals surface area contributed by atoms with Crippen molar-refractivity contribution in [1.29, 1.82) is 0 Å². The van der Waals surface area contributed by atoms with Crippen molar-refractivity contribution in [2.75, 3.05) is 19.7 Å². The Hall–Kier alpha value is -1.95. The van der Waals surface area contributed by atoms with E-state index in [9.17, 15) is 4.79 Å². The Morgan fingerprint density at radius 1 is 1.43 bits per heavy atom. The second kappa shape index (κ2) is 5.44. The summed E-state index contributed by atoms with van der Waals surface area (Å²) >= 11 is 0. The normalized spacial score (nSPS) is 19.4. The van der Waals surface area contributed by atoms with Gasteiger partial charge in [-0.2, -0.15) is 5.10 Å². The van der Waals surface area contributed by atoms with Gasteiger partial charge >= 0.3 is 0 Å². The van der Waals surface area contributed by atoms with Gasteiger partial charge in [-0.1, -0.05) is 0 Å². The van der Waals surface area contributed by atoms with E-state index >= 15 is 0 Å². The fourth-order valence-corrected chi connectivity index (χ4v) is 2.62. The number of fused-ring (bicyclic) bond motifs is 1. The molecule has 0 spiro atoms. The van der Waals surface area contributed by atoms with Gasteiger partial charge in [-0.3, -0.25) is 4.79 Å². The maximum atomic E-state index is 12.5. The van der Waals surface area contributed by atoms with Crippen LogP contribution in [-0.2, 0) is 4.74 Å². The molecule has 0 aromatic carbocycles. The lowest BCUT2D eigenvalue weighted by atomic mass is 10.2. The zero-order valence-electron chi connectivity index (χ0n) is 12.6. The molecular formula is C15H20N4O2. The van der Waals surface area contributed by atoms with Crippen molar-refractivity contribution in [3.63, 3.8) is 0 Å². The van der Waals surface area contributed by atoms with Gasteiger partial charge < -0.3 is 9.64 Å². The molecule has 2 aromatic rings. The number of pyridine rings is 1. The van der Waals surface area contributed by atoms with Crippen LogP contribution in [0.3, 0.4) is 0 Å². The molecule has 1 fully saturated rings. The Bertz CT molecular complexity index is 665. The van der Waals surface area contributed by atoms with E-state index in [1.165, 1.54) is 0 Å².